The highest BCUT2D eigenvalue weighted by molar-refractivity contribution is 5.72. The van der Waals surface area contributed by atoms with Crippen LogP contribution < -0.4 is 5.73 Å². The van der Waals surface area contributed by atoms with Crippen LogP contribution in [0.25, 0.3) is 0 Å². The molecule has 1 unspecified atom stereocenters. The molecule has 1 fully saturated rings. The van der Waals surface area contributed by atoms with Crippen LogP contribution in [0.4, 0.5) is 0 Å². The highest BCUT2D eigenvalue weighted by Crippen LogP contribution is 2.39. The van der Waals surface area contributed by atoms with E-state index in [0.717, 1.165) is 12.8 Å². The Labute approximate surface area is 111 Å². The molecule has 106 valence electrons. The third-order valence-corrected chi connectivity index (χ3v) is 4.61. The molecule has 1 saturated carbocycles. The lowest BCUT2D eigenvalue weighted by molar-refractivity contribution is -0.173. The number of hydrogen-bond acceptors (Lipinski definition) is 3. The van der Waals surface area contributed by atoms with Crippen LogP contribution in [-0.4, -0.2) is 18.1 Å². The van der Waals surface area contributed by atoms with E-state index in [2.05, 4.69) is 13.8 Å². The summed E-state index contributed by atoms with van der Waals surface area (Å²) in [6.45, 7) is 6.49. The molecule has 0 saturated heterocycles. The van der Waals surface area contributed by atoms with E-state index in [0.29, 0.717) is 12.5 Å². The second-order valence-corrected chi connectivity index (χ2v) is 5.66. The SMILES string of the molecule is CCC(CC)(OC(=O)C(C)CN)C1CCCCC1. The number of nitrogens with two attached hydrogens (primary N) is 1. The first kappa shape index (κ1) is 15.5. The Morgan fingerprint density at radius 3 is 2.28 bits per heavy atom. The smallest absolute Gasteiger partial charge is 0.310 e. The average molecular weight is 255 g/mol. The van der Waals surface area contributed by atoms with Crippen LogP contribution in [0.2, 0.25) is 0 Å². The maximum absolute atomic E-state index is 12.0. The maximum atomic E-state index is 12.0. The van der Waals surface area contributed by atoms with Crippen LogP contribution in [0.3, 0.4) is 0 Å². The van der Waals surface area contributed by atoms with Gasteiger partial charge in [0.1, 0.15) is 5.60 Å². The number of rotatable bonds is 6. The van der Waals surface area contributed by atoms with Gasteiger partial charge in [0.15, 0.2) is 0 Å². The van der Waals surface area contributed by atoms with Gasteiger partial charge in [0.25, 0.3) is 0 Å². The molecule has 1 rings (SSSR count). The normalized spacial score (nSPS) is 19.6. The van der Waals surface area contributed by atoms with Crippen molar-refractivity contribution in [2.45, 2.75) is 71.3 Å². The first-order valence-electron chi connectivity index (χ1n) is 7.52. The van der Waals surface area contributed by atoms with E-state index in [1.807, 2.05) is 6.92 Å². The molecule has 0 aliphatic heterocycles. The minimum absolute atomic E-state index is 0.119. The number of carbonyl (C=O) groups excluding carboxylic acids is 1. The van der Waals surface area contributed by atoms with Crippen LogP contribution in [-0.2, 0) is 9.53 Å². The molecular weight excluding hydrogens is 226 g/mol. The van der Waals surface area contributed by atoms with Gasteiger partial charge in [0.2, 0.25) is 0 Å². The molecule has 0 bridgehead atoms. The van der Waals surface area contributed by atoms with Gasteiger partial charge in [-0.2, -0.15) is 0 Å². The number of hydrogen-bond donors (Lipinski definition) is 1. The number of ether oxygens (including phenoxy) is 1. The van der Waals surface area contributed by atoms with Gasteiger partial charge in [-0.1, -0.05) is 40.0 Å². The predicted molar refractivity (Wildman–Crippen MR) is 74.2 cm³/mol. The van der Waals surface area contributed by atoms with Gasteiger partial charge in [0, 0.05) is 6.54 Å². The van der Waals surface area contributed by atoms with Gasteiger partial charge in [-0.25, -0.2) is 0 Å². The quantitative estimate of drug-likeness (QED) is 0.741. The van der Waals surface area contributed by atoms with Crippen molar-refractivity contribution in [2.75, 3.05) is 6.54 Å². The summed E-state index contributed by atoms with van der Waals surface area (Å²) in [5.74, 6) is 0.230. The molecule has 2 N–H and O–H groups in total. The minimum atomic E-state index is -0.249. The van der Waals surface area contributed by atoms with E-state index < -0.39 is 0 Å². The van der Waals surface area contributed by atoms with Crippen molar-refractivity contribution in [1.82, 2.24) is 0 Å². The molecule has 0 aromatic heterocycles. The van der Waals surface area contributed by atoms with Crippen LogP contribution in [0.15, 0.2) is 0 Å². The van der Waals surface area contributed by atoms with Crippen molar-refractivity contribution >= 4 is 5.97 Å². The first-order chi connectivity index (χ1) is 8.59. The Balaban J connectivity index is 2.75. The van der Waals surface area contributed by atoms with E-state index in [-0.39, 0.29) is 17.5 Å². The molecule has 3 nitrogen and oxygen atoms in total. The Morgan fingerprint density at radius 2 is 1.83 bits per heavy atom. The number of esters is 1. The van der Waals surface area contributed by atoms with E-state index >= 15 is 0 Å². The molecule has 0 amide bonds. The zero-order chi connectivity index (χ0) is 13.6. The second-order valence-electron chi connectivity index (χ2n) is 5.66. The fraction of sp³-hybridized carbons (Fsp3) is 0.933. The van der Waals surface area contributed by atoms with E-state index in [4.69, 9.17) is 10.5 Å². The lowest BCUT2D eigenvalue weighted by Gasteiger charge is -2.41. The van der Waals surface area contributed by atoms with E-state index in [9.17, 15) is 4.79 Å². The Morgan fingerprint density at radius 1 is 1.28 bits per heavy atom. The lowest BCUT2D eigenvalue weighted by atomic mass is 9.74. The molecule has 1 aliphatic rings. The molecule has 1 aliphatic carbocycles. The Kier molecular flexibility index (Phi) is 6.13. The predicted octanol–water partition coefficient (Wildman–Crippen LogP) is 3.26. The van der Waals surface area contributed by atoms with Crippen molar-refractivity contribution in [1.29, 1.82) is 0 Å². The fourth-order valence-corrected chi connectivity index (χ4v) is 3.08. The summed E-state index contributed by atoms with van der Waals surface area (Å²) < 4.78 is 5.91. The minimum Gasteiger partial charge on any atom is -0.459 e. The van der Waals surface area contributed by atoms with Gasteiger partial charge < -0.3 is 10.5 Å². The Hall–Kier alpha value is -0.570. The Bertz CT molecular complexity index is 255. The zero-order valence-corrected chi connectivity index (χ0v) is 12.2. The molecule has 0 aromatic carbocycles. The van der Waals surface area contributed by atoms with Gasteiger partial charge in [-0.15, -0.1) is 0 Å². The van der Waals surface area contributed by atoms with Crippen molar-refractivity contribution in [3.8, 4) is 0 Å². The van der Waals surface area contributed by atoms with Crippen LogP contribution in [0.5, 0.6) is 0 Å². The fourth-order valence-electron chi connectivity index (χ4n) is 3.08. The van der Waals surface area contributed by atoms with Crippen LogP contribution >= 0.6 is 0 Å². The van der Waals surface area contributed by atoms with Crippen LogP contribution in [0, 0.1) is 11.8 Å². The third-order valence-electron chi connectivity index (χ3n) is 4.61. The monoisotopic (exact) mass is 255 g/mol. The zero-order valence-electron chi connectivity index (χ0n) is 12.2. The highest BCUT2D eigenvalue weighted by atomic mass is 16.6. The molecule has 0 radical (unpaired) electrons. The number of carbonyl (C=O) groups is 1. The average Bonchev–Trinajstić information content (AvgIpc) is 2.44. The summed E-state index contributed by atoms with van der Waals surface area (Å²) in [6.07, 6.45) is 8.10. The van der Waals surface area contributed by atoms with Gasteiger partial charge in [0.05, 0.1) is 5.92 Å². The van der Waals surface area contributed by atoms with E-state index in [1.54, 1.807) is 0 Å². The molecule has 1 atom stereocenters. The highest BCUT2D eigenvalue weighted by Gasteiger charge is 2.40. The summed E-state index contributed by atoms with van der Waals surface area (Å²) in [7, 11) is 0. The standard InChI is InChI=1S/C15H29NO2/c1-4-15(5-2,13-9-7-6-8-10-13)18-14(17)12(3)11-16/h12-13H,4-11,16H2,1-3H3. The van der Waals surface area contributed by atoms with Gasteiger partial charge in [-0.3, -0.25) is 4.79 Å². The topological polar surface area (TPSA) is 52.3 Å². The largest absolute Gasteiger partial charge is 0.459 e. The molecule has 3 heteroatoms. The molecule has 0 heterocycles. The third kappa shape index (κ3) is 3.47. The van der Waals surface area contributed by atoms with Crippen molar-refractivity contribution in [3.05, 3.63) is 0 Å². The summed E-state index contributed by atoms with van der Waals surface area (Å²) in [4.78, 5) is 12.0. The molecule has 0 aromatic rings. The first-order valence-corrected chi connectivity index (χ1v) is 7.52. The lowest BCUT2D eigenvalue weighted by Crippen LogP contribution is -2.44. The van der Waals surface area contributed by atoms with E-state index in [1.165, 1.54) is 32.1 Å². The van der Waals surface area contributed by atoms with Gasteiger partial charge >= 0.3 is 5.97 Å². The molecule has 0 spiro atoms. The molecule has 18 heavy (non-hydrogen) atoms. The van der Waals surface area contributed by atoms with Crippen molar-refractivity contribution < 1.29 is 9.53 Å². The summed E-state index contributed by atoms with van der Waals surface area (Å²) in [5, 5.41) is 0. The summed E-state index contributed by atoms with van der Waals surface area (Å²) in [5.41, 5.74) is 5.30. The molecular formula is C15H29NO2. The van der Waals surface area contributed by atoms with Crippen molar-refractivity contribution in [2.24, 2.45) is 17.6 Å². The summed E-state index contributed by atoms with van der Waals surface area (Å²) >= 11 is 0. The second kappa shape index (κ2) is 7.13. The summed E-state index contributed by atoms with van der Waals surface area (Å²) in [6, 6.07) is 0. The maximum Gasteiger partial charge on any atom is 0.310 e. The van der Waals surface area contributed by atoms with Crippen molar-refractivity contribution in [3.63, 3.8) is 0 Å². The van der Waals surface area contributed by atoms with Gasteiger partial charge in [-0.05, 0) is 31.6 Å². The van der Waals surface area contributed by atoms with Crippen LogP contribution in [0.1, 0.15) is 65.7 Å².